The minimum Gasteiger partial charge on any atom is -1.00 e. The zero-order valence-corrected chi connectivity index (χ0v) is 54.2. The van der Waals surface area contributed by atoms with E-state index in [-0.39, 0.29) is 67.8 Å². The smallest absolute Gasteiger partial charge is 0.341 e. The Balaban J connectivity index is 0.000000455. The van der Waals surface area contributed by atoms with Gasteiger partial charge in [-0.15, -0.1) is 60.9 Å². The Kier molecular flexibility index (Phi) is 35.3. The molecule has 0 radical (unpaired) electrons. The van der Waals surface area contributed by atoms with E-state index in [9.17, 15) is 28.0 Å². The summed E-state index contributed by atoms with van der Waals surface area (Å²) < 4.78 is 46.1. The number of aromatic nitrogens is 5. The molecule has 5 aromatic rings. The molecule has 5 aromatic heterocycles. The van der Waals surface area contributed by atoms with Crippen LogP contribution in [0.25, 0.3) is 6.08 Å². The molecule has 6 atom stereocenters. The van der Waals surface area contributed by atoms with Gasteiger partial charge in [0, 0.05) is 63.9 Å². The number of carbonyl (C=O) groups excluding carboxylic acids is 4. The molecule has 0 unspecified atom stereocenters. The lowest BCUT2D eigenvalue weighted by atomic mass is 10.2. The van der Waals surface area contributed by atoms with Crippen molar-refractivity contribution in [1.82, 2.24) is 24.9 Å². The normalized spacial score (nSPS) is 18.3. The first-order valence-electron chi connectivity index (χ1n) is 24.7. The summed E-state index contributed by atoms with van der Waals surface area (Å²) in [5, 5.41) is 32.8. The number of aldehydes is 1. The minimum atomic E-state index is -3.28. The van der Waals surface area contributed by atoms with Gasteiger partial charge in [0.1, 0.15) is 30.6 Å². The van der Waals surface area contributed by atoms with Crippen LogP contribution in [-0.2, 0) is 56.3 Å². The summed E-state index contributed by atoms with van der Waals surface area (Å²) in [5.74, 6) is 1.55. The van der Waals surface area contributed by atoms with Gasteiger partial charge in [0.05, 0.1) is 96.7 Å². The number of rotatable bonds is 18. The average molecular weight is 1320 g/mol. The summed E-state index contributed by atoms with van der Waals surface area (Å²) in [7, 11) is -4.70. The third kappa shape index (κ3) is 30.9. The second-order valence-electron chi connectivity index (χ2n) is 17.6. The van der Waals surface area contributed by atoms with Crippen LogP contribution in [0.5, 0.6) is 0 Å². The number of thiazole rings is 5. The summed E-state index contributed by atoms with van der Waals surface area (Å²) in [5.41, 5.74) is 4.77. The number of aliphatic hydroxyl groups excluding tert-OH is 2. The van der Waals surface area contributed by atoms with E-state index in [1.165, 1.54) is 28.8 Å². The summed E-state index contributed by atoms with van der Waals surface area (Å²) in [6, 6.07) is 0. The van der Waals surface area contributed by atoms with Crippen LogP contribution < -0.4 is 24.0 Å². The lowest BCUT2D eigenvalue weighted by Crippen LogP contribution is -3.00. The van der Waals surface area contributed by atoms with Gasteiger partial charge in [0.2, 0.25) is 0 Å². The van der Waals surface area contributed by atoms with Gasteiger partial charge in [-0.25, -0.2) is 29.7 Å². The number of ether oxygens (including phenoxy) is 3. The van der Waals surface area contributed by atoms with Crippen molar-refractivity contribution in [3.63, 3.8) is 0 Å². The molecule has 0 bridgehead atoms. The third-order valence-corrected chi connectivity index (χ3v) is 16.0. The molecule has 3 fully saturated rings. The highest BCUT2D eigenvalue weighted by Crippen LogP contribution is 2.49. The first-order chi connectivity index (χ1) is 36.0. The standard InChI is InChI=1S/C10H13NO2S.C9H11NO2S.2C8H11NOS.C8H17O5P.C5H5NOS.C3H9OS.HI/c1-3-13-10(12)8-4-7(8)9-5-14-6(2)11-9;1-3-12-9(11)5-4-8-6-13-7(2)10-8;2*1-5-9-8(4-11-5)7-2-6(7)3-10;1-4-11-8(9)7-14(10,12-5-2)13-6-3;1-4-6-5(2-7)3-8-4;1-5(2,3)4;/h5,7-8H,3-4H2,1-2H3;4-6H,3H2,1-2H3;2*4,6-7,10H,2-3H2,1H3;4-7H2,1-3H3;2-3H,1H3;1-3H3;1H/q;;;;;;+1;/p-1/b;5-4+;;;;;;/t7-,8-;;2*6-,7+;;;;/m0.11..../s1. The first-order valence-corrected chi connectivity index (χ1v) is 33.6. The average Bonchev–Trinajstić information content (AvgIpc) is 4.26. The van der Waals surface area contributed by atoms with Gasteiger partial charge in [0.15, 0.2) is 6.29 Å². The van der Waals surface area contributed by atoms with E-state index in [1.807, 2.05) is 52.3 Å². The Bertz CT molecular complexity index is 2560. The molecule has 26 heteroatoms. The van der Waals surface area contributed by atoms with Crippen molar-refractivity contribution in [1.29, 1.82) is 0 Å². The third-order valence-electron chi connectivity index (χ3n) is 10.1. The summed E-state index contributed by atoms with van der Waals surface area (Å²) in [4.78, 5) is 64.4. The Morgan fingerprint density at radius 1 is 0.610 bits per heavy atom. The number of hydrogen-bond acceptors (Lipinski definition) is 23. The van der Waals surface area contributed by atoms with Crippen LogP contribution in [0.15, 0.2) is 33.0 Å². The fourth-order valence-corrected chi connectivity index (χ4v) is 11.0. The Morgan fingerprint density at radius 2 is 1.00 bits per heavy atom. The lowest BCUT2D eigenvalue weighted by molar-refractivity contribution is -0.145. The molecule has 77 heavy (non-hydrogen) atoms. The Morgan fingerprint density at radius 3 is 1.31 bits per heavy atom. The predicted molar refractivity (Wildman–Crippen MR) is 307 cm³/mol. The molecule has 5 heterocycles. The SMILES string of the molecule is CCOC(=O)/C=C/c1csc(C)n1.CCOC(=O)CP(=O)(OCC)OCC.CCOC(=O)[C@H]1C[C@@H]1c1csc(C)n1.C[S+](C)(C)=O.Cc1nc(C=O)cs1.Cc1nc([C@H]2C[C@@H]2CO)cs1.Cc1nc([C@H]2C[C@@H]2CO)cs1.[I-]. The largest absolute Gasteiger partial charge is 1.00 e. The van der Waals surface area contributed by atoms with Crippen molar-refractivity contribution in [2.24, 2.45) is 17.8 Å². The molecule has 0 aliphatic heterocycles. The quantitative estimate of drug-likeness (QED) is 0.0162. The molecule has 0 amide bonds. The molecule has 0 saturated heterocycles. The van der Waals surface area contributed by atoms with Gasteiger partial charge in [-0.2, -0.15) is 0 Å². The van der Waals surface area contributed by atoms with E-state index in [0.717, 1.165) is 62.0 Å². The van der Waals surface area contributed by atoms with Crippen LogP contribution >= 0.6 is 64.3 Å². The van der Waals surface area contributed by atoms with E-state index in [1.54, 1.807) is 103 Å². The van der Waals surface area contributed by atoms with Gasteiger partial charge >= 0.3 is 25.5 Å². The van der Waals surface area contributed by atoms with Crippen LogP contribution in [0.3, 0.4) is 0 Å². The van der Waals surface area contributed by atoms with Crippen molar-refractivity contribution < 1.29 is 85.4 Å². The number of hydrogen-bond donors (Lipinski definition) is 2. The monoisotopic (exact) mass is 1320 g/mol. The molecule has 0 spiro atoms. The zero-order chi connectivity index (χ0) is 57.0. The van der Waals surface area contributed by atoms with Crippen molar-refractivity contribution in [2.75, 3.05) is 71.2 Å². The van der Waals surface area contributed by atoms with Crippen LogP contribution in [0.1, 0.15) is 130 Å². The fraction of sp³-hybridized carbons (Fsp3) is 0.588. The van der Waals surface area contributed by atoms with Gasteiger partial charge in [0.25, 0.3) is 0 Å². The second-order valence-corrected chi connectivity index (χ2v) is 28.4. The van der Waals surface area contributed by atoms with Crippen molar-refractivity contribution in [3.05, 3.63) is 86.5 Å². The van der Waals surface area contributed by atoms with Crippen LogP contribution in [-0.4, -0.2) is 131 Å². The number of esters is 3. The maximum atomic E-state index is 11.8. The van der Waals surface area contributed by atoms with Crippen LogP contribution in [0, 0.1) is 52.4 Å². The molecular formula is C51H77IN5O13PS6. The summed E-state index contributed by atoms with van der Waals surface area (Å²) in [6.45, 7) is 20.8. The van der Waals surface area contributed by atoms with Crippen molar-refractivity contribution in [2.45, 2.75) is 106 Å². The molecule has 3 aliphatic rings. The molecular weight excluding hydrogens is 1240 g/mol. The van der Waals surface area contributed by atoms with E-state index < -0.39 is 23.5 Å². The van der Waals surface area contributed by atoms with Crippen LogP contribution in [0.4, 0.5) is 0 Å². The molecule has 0 aromatic carbocycles. The highest BCUT2D eigenvalue weighted by molar-refractivity contribution is 8.00. The summed E-state index contributed by atoms with van der Waals surface area (Å²) in [6.07, 6.45) is 11.8. The molecule has 18 nitrogen and oxygen atoms in total. The number of nitrogens with zero attached hydrogens (tertiary/aromatic N) is 5. The van der Waals surface area contributed by atoms with Gasteiger partial charge in [-0.1, -0.05) is 0 Å². The number of aryl methyl sites for hydroxylation is 5. The number of carbonyl (C=O) groups is 4. The van der Waals surface area contributed by atoms with Crippen molar-refractivity contribution in [3.8, 4) is 0 Å². The molecule has 432 valence electrons. The fourth-order valence-electron chi connectivity index (χ4n) is 6.43. The van der Waals surface area contributed by atoms with Gasteiger partial charge in [-0.05, 0) is 106 Å². The van der Waals surface area contributed by atoms with Crippen molar-refractivity contribution >= 4 is 104 Å². The molecule has 3 saturated carbocycles. The van der Waals surface area contributed by atoms with E-state index >= 15 is 0 Å². The maximum absolute atomic E-state index is 11.8. The summed E-state index contributed by atoms with van der Waals surface area (Å²) >= 11 is 8.06. The second kappa shape index (κ2) is 37.8. The maximum Gasteiger partial charge on any atom is 0.341 e. The van der Waals surface area contributed by atoms with E-state index in [4.69, 9.17) is 28.7 Å². The number of aliphatic hydroxyl groups is 2. The highest BCUT2D eigenvalue weighted by Gasteiger charge is 2.46. The molecule has 8 rings (SSSR count). The first kappa shape index (κ1) is 71.9. The highest BCUT2D eigenvalue weighted by atomic mass is 127. The molecule has 3 aliphatic carbocycles. The predicted octanol–water partition coefficient (Wildman–Crippen LogP) is 7.70. The van der Waals surface area contributed by atoms with Crippen LogP contribution in [0.2, 0.25) is 0 Å². The number of halogens is 1. The Hall–Kier alpha value is -3.08. The van der Waals surface area contributed by atoms with Gasteiger partial charge in [-0.3, -0.25) is 18.9 Å². The molecule has 2 N–H and O–H groups in total. The topological polar surface area (TPSA) is 253 Å². The Labute approximate surface area is 492 Å². The lowest BCUT2D eigenvalue weighted by Gasteiger charge is -2.15. The zero-order valence-electron chi connectivity index (χ0n) is 46.3. The van der Waals surface area contributed by atoms with E-state index in [2.05, 4.69) is 40.4 Å². The minimum absolute atomic E-state index is 0. The van der Waals surface area contributed by atoms with E-state index in [0.29, 0.717) is 61.7 Å². The van der Waals surface area contributed by atoms with Gasteiger partial charge < -0.3 is 57.4 Å².